The minimum atomic E-state index is -0.462. The summed E-state index contributed by atoms with van der Waals surface area (Å²) in [4.78, 5) is 12.9. The van der Waals surface area contributed by atoms with Crippen molar-refractivity contribution in [2.45, 2.75) is 24.8 Å². The van der Waals surface area contributed by atoms with Gasteiger partial charge >= 0.3 is 0 Å². The molecule has 0 saturated heterocycles. The van der Waals surface area contributed by atoms with E-state index in [0.29, 0.717) is 17.1 Å². The number of hydrogen-bond donors (Lipinski definition) is 1. The van der Waals surface area contributed by atoms with E-state index in [2.05, 4.69) is 5.32 Å². The van der Waals surface area contributed by atoms with E-state index in [9.17, 15) is 9.18 Å². The summed E-state index contributed by atoms with van der Waals surface area (Å²) in [6.07, 6.45) is 2.66. The van der Waals surface area contributed by atoms with Crippen LogP contribution in [0.15, 0.2) is 42.5 Å². The molecule has 1 aliphatic rings. The number of amides is 1. The highest BCUT2D eigenvalue weighted by Gasteiger charge is 2.41. The Bertz CT molecular complexity index is 717. The highest BCUT2D eigenvalue weighted by molar-refractivity contribution is 6.00. The monoisotopic (exact) mass is 329 g/mol. The topological polar surface area (TPSA) is 47.6 Å². The van der Waals surface area contributed by atoms with Gasteiger partial charge in [0, 0.05) is 0 Å². The van der Waals surface area contributed by atoms with Crippen LogP contribution in [0.25, 0.3) is 0 Å². The molecule has 0 aromatic heterocycles. The van der Waals surface area contributed by atoms with Gasteiger partial charge in [-0.1, -0.05) is 18.2 Å². The molecular weight excluding hydrogens is 309 g/mol. The molecule has 1 saturated carbocycles. The Morgan fingerprint density at radius 2 is 1.62 bits per heavy atom. The quantitative estimate of drug-likeness (QED) is 0.911. The maximum Gasteiger partial charge on any atom is 0.259 e. The van der Waals surface area contributed by atoms with Crippen molar-refractivity contribution in [3.8, 4) is 11.5 Å². The summed E-state index contributed by atoms with van der Waals surface area (Å²) in [6, 6.07) is 11.5. The standard InChI is InChI=1S/C19H20FNO3/c1-23-15-5-3-6-16(24-2)17(15)18(22)21-19(11-4-12-19)13-7-9-14(20)10-8-13/h3,5-10H,4,11-12H2,1-2H3,(H,21,22). The summed E-state index contributed by atoms with van der Waals surface area (Å²) >= 11 is 0. The molecule has 4 nitrogen and oxygen atoms in total. The molecule has 0 heterocycles. The Balaban J connectivity index is 1.92. The highest BCUT2D eigenvalue weighted by Crippen LogP contribution is 2.42. The number of methoxy groups -OCH3 is 2. The van der Waals surface area contributed by atoms with Crippen LogP contribution in [-0.4, -0.2) is 20.1 Å². The van der Waals surface area contributed by atoms with E-state index in [-0.39, 0.29) is 11.7 Å². The van der Waals surface area contributed by atoms with E-state index < -0.39 is 5.54 Å². The van der Waals surface area contributed by atoms with Crippen molar-refractivity contribution >= 4 is 5.91 Å². The smallest absolute Gasteiger partial charge is 0.259 e. The summed E-state index contributed by atoms with van der Waals surface area (Å²) in [6.45, 7) is 0. The number of rotatable bonds is 5. The Morgan fingerprint density at radius 1 is 1.04 bits per heavy atom. The Hall–Kier alpha value is -2.56. The molecule has 2 aromatic carbocycles. The van der Waals surface area contributed by atoms with Crippen molar-refractivity contribution in [3.05, 3.63) is 59.4 Å². The van der Waals surface area contributed by atoms with E-state index in [0.717, 1.165) is 24.8 Å². The second-order valence-corrected chi connectivity index (χ2v) is 5.93. The molecule has 0 radical (unpaired) electrons. The molecule has 1 aliphatic carbocycles. The first-order chi connectivity index (χ1) is 11.6. The molecule has 0 unspecified atom stereocenters. The van der Waals surface area contributed by atoms with Crippen LogP contribution in [0.4, 0.5) is 4.39 Å². The number of carbonyl (C=O) groups is 1. The molecule has 24 heavy (non-hydrogen) atoms. The number of ether oxygens (including phenoxy) is 2. The molecule has 0 bridgehead atoms. The van der Waals surface area contributed by atoms with Gasteiger partial charge < -0.3 is 14.8 Å². The largest absolute Gasteiger partial charge is 0.496 e. The van der Waals surface area contributed by atoms with E-state index in [1.807, 2.05) is 0 Å². The van der Waals surface area contributed by atoms with E-state index in [1.165, 1.54) is 26.4 Å². The van der Waals surface area contributed by atoms with Crippen molar-refractivity contribution < 1.29 is 18.7 Å². The lowest BCUT2D eigenvalue weighted by Gasteiger charge is -2.43. The fourth-order valence-corrected chi connectivity index (χ4v) is 3.14. The van der Waals surface area contributed by atoms with Crippen molar-refractivity contribution in [2.24, 2.45) is 0 Å². The molecule has 0 atom stereocenters. The van der Waals surface area contributed by atoms with Crippen LogP contribution in [0.2, 0.25) is 0 Å². The summed E-state index contributed by atoms with van der Waals surface area (Å²) in [5.74, 6) is 0.375. The van der Waals surface area contributed by atoms with Gasteiger partial charge in [-0.05, 0) is 49.1 Å². The first-order valence-corrected chi connectivity index (χ1v) is 7.89. The van der Waals surface area contributed by atoms with E-state index in [1.54, 1.807) is 30.3 Å². The maximum atomic E-state index is 13.2. The molecule has 3 rings (SSSR count). The van der Waals surface area contributed by atoms with Gasteiger partial charge in [0.2, 0.25) is 0 Å². The van der Waals surface area contributed by atoms with Gasteiger partial charge in [0.1, 0.15) is 22.9 Å². The number of carbonyl (C=O) groups excluding carboxylic acids is 1. The molecule has 1 N–H and O–H groups in total. The van der Waals surface area contributed by atoms with Crippen LogP contribution in [0.5, 0.6) is 11.5 Å². The highest BCUT2D eigenvalue weighted by atomic mass is 19.1. The third-order valence-corrected chi connectivity index (χ3v) is 4.61. The molecule has 1 amide bonds. The van der Waals surface area contributed by atoms with E-state index >= 15 is 0 Å². The summed E-state index contributed by atoms with van der Waals surface area (Å²) < 4.78 is 23.8. The normalized spacial score (nSPS) is 15.3. The van der Waals surface area contributed by atoms with Gasteiger partial charge in [-0.3, -0.25) is 4.79 Å². The zero-order valence-electron chi connectivity index (χ0n) is 13.8. The van der Waals surface area contributed by atoms with Gasteiger partial charge in [-0.2, -0.15) is 0 Å². The first kappa shape index (κ1) is 16.3. The van der Waals surface area contributed by atoms with E-state index in [4.69, 9.17) is 9.47 Å². The van der Waals surface area contributed by atoms with Crippen molar-refractivity contribution in [1.29, 1.82) is 0 Å². The molecule has 5 heteroatoms. The number of halogens is 1. The lowest BCUT2D eigenvalue weighted by molar-refractivity contribution is 0.0817. The SMILES string of the molecule is COc1cccc(OC)c1C(=O)NC1(c2ccc(F)cc2)CCC1. The van der Waals surface area contributed by atoms with Crippen LogP contribution >= 0.6 is 0 Å². The maximum absolute atomic E-state index is 13.2. The van der Waals surface area contributed by atoms with Crippen molar-refractivity contribution in [1.82, 2.24) is 5.32 Å². The molecule has 1 fully saturated rings. The predicted octanol–water partition coefficient (Wildman–Crippen LogP) is 3.65. The predicted molar refractivity (Wildman–Crippen MR) is 88.9 cm³/mol. The van der Waals surface area contributed by atoms with Crippen LogP contribution in [0, 0.1) is 5.82 Å². The van der Waals surface area contributed by atoms with Gasteiger partial charge in [0.05, 0.1) is 19.8 Å². The van der Waals surface area contributed by atoms with Crippen LogP contribution in [-0.2, 0) is 5.54 Å². The summed E-state index contributed by atoms with van der Waals surface area (Å²) in [5.41, 5.74) is 0.824. The zero-order valence-corrected chi connectivity index (χ0v) is 13.8. The van der Waals surface area contributed by atoms with Crippen LogP contribution in [0.1, 0.15) is 35.2 Å². The molecular formula is C19H20FNO3. The Kier molecular flexibility index (Phi) is 4.42. The van der Waals surface area contributed by atoms with Crippen LogP contribution < -0.4 is 14.8 Å². The average molecular weight is 329 g/mol. The Labute approximate surface area is 140 Å². The van der Waals surface area contributed by atoms with Crippen LogP contribution in [0.3, 0.4) is 0 Å². The number of hydrogen-bond acceptors (Lipinski definition) is 3. The average Bonchev–Trinajstić information content (AvgIpc) is 2.58. The molecule has 0 spiro atoms. The molecule has 0 aliphatic heterocycles. The third-order valence-electron chi connectivity index (χ3n) is 4.61. The lowest BCUT2D eigenvalue weighted by atomic mass is 9.71. The third kappa shape index (κ3) is 2.82. The second kappa shape index (κ2) is 6.51. The fraction of sp³-hybridized carbons (Fsp3) is 0.316. The Morgan fingerprint density at radius 3 is 2.08 bits per heavy atom. The number of benzene rings is 2. The lowest BCUT2D eigenvalue weighted by Crippen LogP contribution is -2.50. The van der Waals surface area contributed by atoms with Crippen molar-refractivity contribution in [3.63, 3.8) is 0 Å². The van der Waals surface area contributed by atoms with Gasteiger partial charge in [-0.25, -0.2) is 4.39 Å². The molecule has 2 aromatic rings. The minimum absolute atomic E-state index is 0.256. The molecule has 126 valence electrons. The zero-order chi connectivity index (χ0) is 17.2. The minimum Gasteiger partial charge on any atom is -0.496 e. The first-order valence-electron chi connectivity index (χ1n) is 7.89. The second-order valence-electron chi connectivity index (χ2n) is 5.93. The fourth-order valence-electron chi connectivity index (χ4n) is 3.14. The van der Waals surface area contributed by atoms with Gasteiger partial charge in [0.15, 0.2) is 0 Å². The summed E-state index contributed by atoms with van der Waals surface area (Å²) in [7, 11) is 3.04. The summed E-state index contributed by atoms with van der Waals surface area (Å²) in [5, 5.41) is 3.11. The van der Waals surface area contributed by atoms with Gasteiger partial charge in [0.25, 0.3) is 5.91 Å². The van der Waals surface area contributed by atoms with Gasteiger partial charge in [-0.15, -0.1) is 0 Å². The van der Waals surface area contributed by atoms with Crippen molar-refractivity contribution in [2.75, 3.05) is 14.2 Å². The number of nitrogens with one attached hydrogen (secondary N) is 1.